The van der Waals surface area contributed by atoms with Gasteiger partial charge in [-0.25, -0.2) is 9.18 Å². The van der Waals surface area contributed by atoms with E-state index in [1.807, 2.05) is 6.07 Å². The van der Waals surface area contributed by atoms with Gasteiger partial charge in [-0.05, 0) is 42.0 Å². The quantitative estimate of drug-likeness (QED) is 0.630. The van der Waals surface area contributed by atoms with E-state index >= 15 is 0 Å². The van der Waals surface area contributed by atoms with Gasteiger partial charge in [-0.3, -0.25) is 4.79 Å². The molecule has 0 spiro atoms. The van der Waals surface area contributed by atoms with Gasteiger partial charge in [0.25, 0.3) is 0 Å². The van der Waals surface area contributed by atoms with E-state index in [4.69, 9.17) is 27.6 Å². The largest absolute Gasteiger partial charge is 0.460 e. The van der Waals surface area contributed by atoms with Crippen LogP contribution >= 0.6 is 23.2 Å². The number of nitrogens with one attached hydrogen (secondary N) is 2. The fraction of sp³-hybridized carbons (Fsp3) is 0.200. The Hall–Kier alpha value is -2.57. The summed E-state index contributed by atoms with van der Waals surface area (Å²) in [7, 11) is 0. The first-order chi connectivity index (χ1) is 13.4. The minimum atomic E-state index is -0.621. The van der Waals surface area contributed by atoms with Crippen LogP contribution in [0.1, 0.15) is 23.7 Å². The highest BCUT2D eigenvalue weighted by molar-refractivity contribution is 6.31. The first kappa shape index (κ1) is 18.8. The molecule has 4 rings (SSSR count). The number of Topliss-reactive ketones (excluding diaryl/α,β-unsaturated/α-hetero) is 1. The monoisotopic (exact) mass is 420 g/mol. The fourth-order valence-electron chi connectivity index (χ4n) is 3.31. The number of hydrogen-bond acceptors (Lipinski definition) is 3. The Labute approximate surface area is 169 Å². The van der Waals surface area contributed by atoms with Crippen molar-refractivity contribution in [3.8, 4) is 0 Å². The molecule has 8 heteroatoms. The maximum Gasteiger partial charge on any atom is 0.315 e. The zero-order valence-corrected chi connectivity index (χ0v) is 16.0. The van der Waals surface area contributed by atoms with Crippen LogP contribution in [0.15, 0.2) is 46.9 Å². The van der Waals surface area contributed by atoms with E-state index in [9.17, 15) is 14.0 Å². The summed E-state index contributed by atoms with van der Waals surface area (Å²) in [4.78, 5) is 24.1. The standard InChI is InChI=1S/C20H15Cl2FN2O3/c21-12-2-4-18-11(5-12)7-19(28-18)13(10-1-3-15(23)14(22)6-10)8-17(26)16-9-24-20(27)25-16/h1-7,13,16H,8-9H2,(H2,24,25,27)/t13?,16-/m0/s1. The SMILES string of the molecule is O=C1NC[C@@H](C(=O)CC(c2ccc(F)c(Cl)c2)c2cc3cc(Cl)ccc3o2)N1. The van der Waals surface area contributed by atoms with Crippen LogP contribution in [-0.4, -0.2) is 24.4 Å². The van der Waals surface area contributed by atoms with E-state index in [1.54, 1.807) is 24.3 Å². The third kappa shape index (κ3) is 3.70. The molecule has 1 unspecified atom stereocenters. The Morgan fingerprint density at radius 1 is 1.21 bits per heavy atom. The molecule has 28 heavy (non-hydrogen) atoms. The van der Waals surface area contributed by atoms with Gasteiger partial charge in [0.1, 0.15) is 23.2 Å². The third-order valence-electron chi connectivity index (χ3n) is 4.75. The maximum atomic E-state index is 13.6. The summed E-state index contributed by atoms with van der Waals surface area (Å²) in [5, 5.41) is 6.48. The number of carbonyl (C=O) groups excluding carboxylic acids is 2. The highest BCUT2D eigenvalue weighted by Crippen LogP contribution is 2.35. The van der Waals surface area contributed by atoms with Crippen molar-refractivity contribution in [1.29, 1.82) is 0 Å². The summed E-state index contributed by atoms with van der Waals surface area (Å²) < 4.78 is 19.6. The lowest BCUT2D eigenvalue weighted by Gasteiger charge is -2.17. The normalized spacial score (nSPS) is 17.4. The molecule has 2 atom stereocenters. The van der Waals surface area contributed by atoms with E-state index in [2.05, 4.69) is 10.6 Å². The number of carbonyl (C=O) groups is 2. The van der Waals surface area contributed by atoms with Crippen LogP contribution in [0.25, 0.3) is 11.0 Å². The molecule has 5 nitrogen and oxygen atoms in total. The molecular weight excluding hydrogens is 406 g/mol. The van der Waals surface area contributed by atoms with E-state index in [0.29, 0.717) is 21.9 Å². The molecular formula is C20H15Cl2FN2O3. The van der Waals surface area contributed by atoms with Crippen molar-refractivity contribution in [3.05, 3.63) is 69.7 Å². The second-order valence-electron chi connectivity index (χ2n) is 6.63. The van der Waals surface area contributed by atoms with Gasteiger partial charge >= 0.3 is 6.03 Å². The fourth-order valence-corrected chi connectivity index (χ4v) is 3.68. The minimum Gasteiger partial charge on any atom is -0.460 e. The van der Waals surface area contributed by atoms with Crippen LogP contribution in [0.3, 0.4) is 0 Å². The number of benzene rings is 2. The zero-order valence-electron chi connectivity index (χ0n) is 14.5. The molecule has 2 amide bonds. The number of furan rings is 1. The molecule has 0 bridgehead atoms. The average Bonchev–Trinajstić information content (AvgIpc) is 3.27. The average molecular weight is 421 g/mol. The number of urea groups is 1. The predicted octanol–water partition coefficient (Wildman–Crippen LogP) is 4.65. The summed E-state index contributed by atoms with van der Waals surface area (Å²) >= 11 is 12.0. The number of amides is 2. The van der Waals surface area contributed by atoms with Gasteiger partial charge < -0.3 is 15.1 Å². The maximum absolute atomic E-state index is 13.6. The summed E-state index contributed by atoms with van der Waals surface area (Å²) in [6.45, 7) is 0.226. The number of hydrogen-bond donors (Lipinski definition) is 2. The lowest BCUT2D eigenvalue weighted by molar-refractivity contribution is -0.120. The van der Waals surface area contributed by atoms with E-state index in [-0.39, 0.29) is 29.8 Å². The molecule has 2 N–H and O–H groups in total. The Bertz CT molecular complexity index is 1080. The molecule has 3 aromatic rings. The smallest absolute Gasteiger partial charge is 0.315 e. The molecule has 144 valence electrons. The van der Waals surface area contributed by atoms with Crippen LogP contribution in [0, 0.1) is 5.82 Å². The summed E-state index contributed by atoms with van der Waals surface area (Å²) in [6, 6.07) is 10.4. The van der Waals surface area contributed by atoms with Crippen LogP contribution in [0.4, 0.5) is 9.18 Å². The van der Waals surface area contributed by atoms with Crippen molar-refractivity contribution in [2.75, 3.05) is 6.54 Å². The van der Waals surface area contributed by atoms with Gasteiger partial charge in [0.05, 0.1) is 5.02 Å². The number of rotatable bonds is 5. The first-order valence-electron chi connectivity index (χ1n) is 8.62. The third-order valence-corrected chi connectivity index (χ3v) is 5.28. The molecule has 2 aromatic carbocycles. The second kappa shape index (κ2) is 7.45. The molecule has 1 aliphatic heterocycles. The lowest BCUT2D eigenvalue weighted by Crippen LogP contribution is -2.35. The zero-order chi connectivity index (χ0) is 19.8. The Kier molecular flexibility index (Phi) is 5.00. The molecule has 1 aromatic heterocycles. The Morgan fingerprint density at radius 3 is 2.75 bits per heavy atom. The number of halogens is 3. The highest BCUT2D eigenvalue weighted by Gasteiger charge is 2.31. The highest BCUT2D eigenvalue weighted by atomic mass is 35.5. The van der Waals surface area contributed by atoms with Crippen molar-refractivity contribution in [1.82, 2.24) is 10.6 Å². The van der Waals surface area contributed by atoms with Crippen LogP contribution in [-0.2, 0) is 4.79 Å². The van der Waals surface area contributed by atoms with Gasteiger partial charge in [-0.15, -0.1) is 0 Å². The van der Waals surface area contributed by atoms with E-state index < -0.39 is 17.8 Å². The Balaban J connectivity index is 1.72. The van der Waals surface area contributed by atoms with Gasteiger partial charge in [0.2, 0.25) is 0 Å². The number of ketones is 1. The van der Waals surface area contributed by atoms with Crippen molar-refractivity contribution in [3.63, 3.8) is 0 Å². The second-order valence-corrected chi connectivity index (χ2v) is 7.48. The van der Waals surface area contributed by atoms with Gasteiger partial charge in [-0.1, -0.05) is 29.3 Å². The van der Waals surface area contributed by atoms with Gasteiger partial charge in [-0.2, -0.15) is 0 Å². The summed E-state index contributed by atoms with van der Waals surface area (Å²) in [5.41, 5.74) is 1.27. The van der Waals surface area contributed by atoms with Crippen molar-refractivity contribution in [2.45, 2.75) is 18.4 Å². The van der Waals surface area contributed by atoms with Crippen LogP contribution in [0.5, 0.6) is 0 Å². The summed E-state index contributed by atoms with van der Waals surface area (Å²) in [5.74, 6) is -0.665. The lowest BCUT2D eigenvalue weighted by atomic mass is 9.89. The van der Waals surface area contributed by atoms with E-state index in [0.717, 1.165) is 5.39 Å². The molecule has 0 aliphatic carbocycles. The molecule has 1 saturated heterocycles. The summed E-state index contributed by atoms with van der Waals surface area (Å²) in [6.07, 6.45) is 0.0577. The molecule has 1 fully saturated rings. The topological polar surface area (TPSA) is 71.3 Å². The van der Waals surface area contributed by atoms with Crippen LogP contribution in [0.2, 0.25) is 10.0 Å². The van der Waals surface area contributed by atoms with Gasteiger partial charge in [0.15, 0.2) is 5.78 Å². The predicted molar refractivity (Wildman–Crippen MR) is 104 cm³/mol. The minimum absolute atomic E-state index is 0.0371. The molecule has 1 aliphatic rings. The first-order valence-corrected chi connectivity index (χ1v) is 9.37. The molecule has 0 saturated carbocycles. The van der Waals surface area contributed by atoms with Crippen molar-refractivity contribution < 1.29 is 18.4 Å². The Morgan fingerprint density at radius 2 is 2.04 bits per heavy atom. The van der Waals surface area contributed by atoms with Gasteiger partial charge in [0, 0.05) is 29.3 Å². The van der Waals surface area contributed by atoms with Crippen LogP contribution < -0.4 is 10.6 Å². The van der Waals surface area contributed by atoms with Crippen molar-refractivity contribution in [2.24, 2.45) is 0 Å². The van der Waals surface area contributed by atoms with E-state index in [1.165, 1.54) is 12.1 Å². The molecule has 0 radical (unpaired) electrons. The van der Waals surface area contributed by atoms with Crippen molar-refractivity contribution >= 4 is 46.0 Å². The number of fused-ring (bicyclic) bond motifs is 1. The molecule has 2 heterocycles.